The lowest BCUT2D eigenvalue weighted by Crippen LogP contribution is -2.11. The van der Waals surface area contributed by atoms with Gasteiger partial charge in [-0.25, -0.2) is 15.0 Å². The van der Waals surface area contributed by atoms with Crippen molar-refractivity contribution >= 4 is 44.7 Å². The third-order valence-electron chi connectivity index (χ3n) is 4.11. The lowest BCUT2D eigenvalue weighted by atomic mass is 10.2. The van der Waals surface area contributed by atoms with E-state index >= 15 is 0 Å². The number of rotatable bonds is 1. The summed E-state index contributed by atoms with van der Waals surface area (Å²) in [6.45, 7) is 1.80. The number of aromatic nitrogens is 6. The Bertz CT molecular complexity index is 1260. The number of nitrogens with one attached hydrogen (secondary N) is 2. The summed E-state index contributed by atoms with van der Waals surface area (Å²) in [5, 5.41) is 7.65. The smallest absolute Gasteiger partial charge is 0.253 e. The number of carbonyl (C=O) groups excluding carboxylic acids is 1. The van der Waals surface area contributed by atoms with Gasteiger partial charge < -0.3 is 5.73 Å². The van der Waals surface area contributed by atoms with Crippen LogP contribution in [-0.2, 0) is 0 Å². The first-order chi connectivity index (χ1) is 11.1. The molecule has 0 saturated carbocycles. The van der Waals surface area contributed by atoms with E-state index in [0.29, 0.717) is 33.7 Å². The molecular weight excluding hydrogens is 294 g/mol. The van der Waals surface area contributed by atoms with Crippen molar-refractivity contribution in [1.82, 2.24) is 29.5 Å². The predicted octanol–water partition coefficient (Wildman–Crippen LogP) is 1.65. The molecule has 0 spiro atoms. The number of H-pyrrole nitrogens is 2. The van der Waals surface area contributed by atoms with Gasteiger partial charge >= 0.3 is 0 Å². The standard InChI is InChI=1S/C15H11N7O/c1-6-17-5-7-10(12(16)23)15-19-13-11-8(20-21-13)3-2-4-9(11)22(15)14(7)18-6/h2-5H,1H3,(H2,16,23)(H2,19,20,21). The maximum atomic E-state index is 12.0. The second-order valence-corrected chi connectivity index (χ2v) is 5.46. The molecule has 1 amide bonds. The number of nitrogens with zero attached hydrogens (tertiary/aromatic N) is 4. The van der Waals surface area contributed by atoms with Gasteiger partial charge in [-0.1, -0.05) is 6.07 Å². The van der Waals surface area contributed by atoms with Crippen LogP contribution in [0.25, 0.3) is 38.7 Å². The Morgan fingerprint density at radius 1 is 1.22 bits per heavy atom. The average molecular weight is 305 g/mol. The van der Waals surface area contributed by atoms with Gasteiger partial charge in [0.2, 0.25) is 0 Å². The number of carbonyl (C=O) groups is 1. The molecule has 112 valence electrons. The highest BCUT2D eigenvalue weighted by Crippen LogP contribution is 2.31. The van der Waals surface area contributed by atoms with E-state index in [4.69, 9.17) is 5.73 Å². The first-order valence-corrected chi connectivity index (χ1v) is 7.07. The Morgan fingerprint density at radius 3 is 2.91 bits per heavy atom. The Kier molecular flexibility index (Phi) is 2.04. The number of aryl methyl sites for hydroxylation is 1. The number of aromatic amines is 2. The quantitative estimate of drug-likeness (QED) is 0.436. The molecule has 4 N–H and O–H groups in total. The molecule has 0 radical (unpaired) electrons. The second kappa shape index (κ2) is 3.86. The van der Waals surface area contributed by atoms with Crippen LogP contribution in [0.1, 0.15) is 16.2 Å². The van der Waals surface area contributed by atoms with Gasteiger partial charge in [0, 0.05) is 6.20 Å². The Hall–Kier alpha value is -3.42. The molecule has 4 aromatic heterocycles. The molecule has 0 saturated heterocycles. The van der Waals surface area contributed by atoms with Crippen molar-refractivity contribution in [3.05, 3.63) is 35.8 Å². The highest BCUT2D eigenvalue weighted by molar-refractivity contribution is 6.15. The zero-order valence-electron chi connectivity index (χ0n) is 12.1. The van der Waals surface area contributed by atoms with Gasteiger partial charge in [0.15, 0.2) is 16.9 Å². The van der Waals surface area contributed by atoms with Crippen LogP contribution in [0.5, 0.6) is 0 Å². The van der Waals surface area contributed by atoms with Crippen molar-refractivity contribution in [2.75, 3.05) is 0 Å². The summed E-state index contributed by atoms with van der Waals surface area (Å²) in [7, 11) is 0. The van der Waals surface area contributed by atoms with Gasteiger partial charge in [-0.3, -0.25) is 19.4 Å². The van der Waals surface area contributed by atoms with Crippen molar-refractivity contribution < 1.29 is 4.79 Å². The van der Waals surface area contributed by atoms with Gasteiger partial charge in [-0.05, 0) is 19.1 Å². The summed E-state index contributed by atoms with van der Waals surface area (Å²) in [6, 6.07) is 5.86. The van der Waals surface area contributed by atoms with E-state index in [2.05, 4.69) is 25.1 Å². The van der Waals surface area contributed by atoms with Crippen LogP contribution in [-0.4, -0.2) is 35.5 Å². The Balaban J connectivity index is 2.20. The normalized spacial score (nSPS) is 12.0. The Labute approximate surface area is 128 Å². The zero-order chi connectivity index (χ0) is 15.7. The summed E-state index contributed by atoms with van der Waals surface area (Å²) in [4.78, 5) is 25.3. The van der Waals surface area contributed by atoms with Gasteiger partial charge in [0.05, 0.1) is 27.4 Å². The predicted molar refractivity (Wildman–Crippen MR) is 85.3 cm³/mol. The minimum Gasteiger partial charge on any atom is -0.365 e. The maximum absolute atomic E-state index is 12.0. The molecule has 4 heterocycles. The highest BCUT2D eigenvalue weighted by Gasteiger charge is 2.22. The van der Waals surface area contributed by atoms with E-state index in [9.17, 15) is 4.79 Å². The van der Waals surface area contributed by atoms with E-state index in [1.165, 1.54) is 0 Å². The fourth-order valence-corrected chi connectivity index (χ4v) is 3.17. The number of fused-ring (bicyclic) bond motifs is 4. The van der Waals surface area contributed by atoms with Crippen molar-refractivity contribution in [1.29, 1.82) is 0 Å². The number of benzene rings is 1. The summed E-state index contributed by atoms with van der Waals surface area (Å²) < 4.78 is 1.86. The van der Waals surface area contributed by atoms with Crippen LogP contribution in [0, 0.1) is 6.92 Å². The molecule has 0 unspecified atom stereocenters. The molecule has 0 bridgehead atoms. The molecule has 0 aliphatic carbocycles. The Morgan fingerprint density at radius 2 is 2.09 bits per heavy atom. The molecule has 1 aromatic carbocycles. The van der Waals surface area contributed by atoms with Crippen LogP contribution in [0.3, 0.4) is 0 Å². The summed E-state index contributed by atoms with van der Waals surface area (Å²) in [5.41, 5.74) is 9.52. The van der Waals surface area contributed by atoms with Crippen molar-refractivity contribution in [2.24, 2.45) is 5.73 Å². The SMILES string of the molecule is Cc1ncc2c(C(N)=O)c3nc4[nH][nH]c5cccc(c54)n3c2n1. The molecule has 8 heteroatoms. The number of amides is 1. The molecule has 0 atom stereocenters. The fraction of sp³-hybridized carbons (Fsp3) is 0.0667. The average Bonchev–Trinajstić information content (AvgIpc) is 3.08. The first-order valence-electron chi connectivity index (χ1n) is 7.07. The molecule has 0 aliphatic rings. The topological polar surface area (TPSA) is 118 Å². The van der Waals surface area contributed by atoms with Crippen LogP contribution in [0.4, 0.5) is 0 Å². The van der Waals surface area contributed by atoms with E-state index in [-0.39, 0.29) is 0 Å². The molecular formula is C15H11N7O. The van der Waals surface area contributed by atoms with E-state index in [0.717, 1.165) is 16.4 Å². The molecule has 5 aromatic rings. The zero-order valence-corrected chi connectivity index (χ0v) is 12.1. The van der Waals surface area contributed by atoms with Crippen molar-refractivity contribution in [3.63, 3.8) is 0 Å². The second-order valence-electron chi connectivity index (χ2n) is 5.46. The first kappa shape index (κ1) is 12.2. The van der Waals surface area contributed by atoms with Gasteiger partial charge in [-0.2, -0.15) is 0 Å². The van der Waals surface area contributed by atoms with E-state index < -0.39 is 5.91 Å². The van der Waals surface area contributed by atoms with Gasteiger partial charge in [-0.15, -0.1) is 0 Å². The molecule has 5 rings (SSSR count). The van der Waals surface area contributed by atoms with E-state index in [1.54, 1.807) is 13.1 Å². The number of primary amides is 1. The summed E-state index contributed by atoms with van der Waals surface area (Å²) >= 11 is 0. The van der Waals surface area contributed by atoms with Crippen molar-refractivity contribution in [3.8, 4) is 0 Å². The maximum Gasteiger partial charge on any atom is 0.253 e. The molecule has 8 nitrogen and oxygen atoms in total. The largest absolute Gasteiger partial charge is 0.365 e. The van der Waals surface area contributed by atoms with Gasteiger partial charge in [0.25, 0.3) is 5.91 Å². The van der Waals surface area contributed by atoms with Crippen LogP contribution in [0.15, 0.2) is 24.4 Å². The van der Waals surface area contributed by atoms with Crippen LogP contribution >= 0.6 is 0 Å². The summed E-state index contributed by atoms with van der Waals surface area (Å²) in [6.07, 6.45) is 1.62. The molecule has 0 fully saturated rings. The lowest BCUT2D eigenvalue weighted by molar-refractivity contribution is 0.100. The third kappa shape index (κ3) is 1.39. The van der Waals surface area contributed by atoms with Crippen LogP contribution in [0.2, 0.25) is 0 Å². The fourth-order valence-electron chi connectivity index (χ4n) is 3.17. The lowest BCUT2D eigenvalue weighted by Gasteiger charge is -2.03. The monoisotopic (exact) mass is 305 g/mol. The number of hydrogen-bond donors (Lipinski definition) is 3. The number of hydrogen-bond acceptors (Lipinski definition) is 4. The highest BCUT2D eigenvalue weighted by atomic mass is 16.1. The van der Waals surface area contributed by atoms with Gasteiger partial charge in [0.1, 0.15) is 5.82 Å². The molecule has 23 heavy (non-hydrogen) atoms. The minimum atomic E-state index is -0.550. The molecule has 0 aliphatic heterocycles. The third-order valence-corrected chi connectivity index (χ3v) is 4.11. The van der Waals surface area contributed by atoms with Crippen LogP contribution < -0.4 is 5.73 Å². The van der Waals surface area contributed by atoms with E-state index in [1.807, 2.05) is 22.6 Å². The number of nitrogens with two attached hydrogens (primary N) is 1. The summed E-state index contributed by atoms with van der Waals surface area (Å²) in [5.74, 6) is 0.0681. The minimum absolute atomic E-state index is 0.331. The van der Waals surface area contributed by atoms with Crippen molar-refractivity contribution in [2.45, 2.75) is 6.92 Å².